The fourth-order valence-electron chi connectivity index (χ4n) is 1.52. The maximum Gasteiger partial charge on any atom is -0.0155 e. The molecule has 0 amide bonds. The van der Waals surface area contributed by atoms with Gasteiger partial charge in [-0.15, -0.1) is 0 Å². The van der Waals surface area contributed by atoms with E-state index in [9.17, 15) is 0 Å². The lowest BCUT2D eigenvalue weighted by atomic mass is 10.00. The highest BCUT2D eigenvalue weighted by Crippen LogP contribution is 2.18. The Kier molecular flexibility index (Phi) is 2.13. The van der Waals surface area contributed by atoms with Crippen LogP contribution in [0.25, 0.3) is 12.2 Å². The first-order valence-corrected chi connectivity index (χ1v) is 4.49. The summed E-state index contributed by atoms with van der Waals surface area (Å²) in [6, 6.07) is 6.38. The number of rotatable bonds is 0. The van der Waals surface area contributed by atoms with E-state index < -0.39 is 0 Å². The number of benzene rings is 1. The summed E-state index contributed by atoms with van der Waals surface area (Å²) >= 11 is 0. The highest BCUT2D eigenvalue weighted by Gasteiger charge is 1.98. The highest BCUT2D eigenvalue weighted by molar-refractivity contribution is 5.69. The lowest BCUT2D eigenvalue weighted by Gasteiger charge is -2.05. The summed E-state index contributed by atoms with van der Waals surface area (Å²) < 4.78 is 0. The Morgan fingerprint density at radius 1 is 0.846 bits per heavy atom. The fraction of sp³-hybridized carbons (Fsp3) is 0.0769. The lowest BCUT2D eigenvalue weighted by molar-refractivity contribution is 1.43. The van der Waals surface area contributed by atoms with Gasteiger partial charge in [-0.2, -0.15) is 0 Å². The molecule has 0 heterocycles. The van der Waals surface area contributed by atoms with E-state index in [-0.39, 0.29) is 0 Å². The summed E-state index contributed by atoms with van der Waals surface area (Å²) in [6.07, 6.45) is 12.5. The Bertz CT molecular complexity index is 392. The van der Waals surface area contributed by atoms with Gasteiger partial charge in [-0.3, -0.25) is 0 Å². The summed E-state index contributed by atoms with van der Waals surface area (Å²) in [5.74, 6) is 0. The van der Waals surface area contributed by atoms with Gasteiger partial charge in [0.1, 0.15) is 0 Å². The third kappa shape index (κ3) is 1.62. The van der Waals surface area contributed by atoms with Gasteiger partial charge in [-0.05, 0) is 23.6 Å². The maximum absolute atomic E-state index is 2.16. The quantitative estimate of drug-likeness (QED) is 0.555. The normalized spacial score (nSPS) is 21.0. The minimum atomic E-state index is 1.29. The van der Waals surface area contributed by atoms with Crippen molar-refractivity contribution in [3.05, 3.63) is 59.2 Å². The van der Waals surface area contributed by atoms with Crippen LogP contribution in [0.5, 0.6) is 0 Å². The predicted octanol–water partition coefficient (Wildman–Crippen LogP) is 3.59. The topological polar surface area (TPSA) is 0 Å². The van der Waals surface area contributed by atoms with Crippen molar-refractivity contribution in [2.75, 3.05) is 0 Å². The van der Waals surface area contributed by atoms with E-state index in [2.05, 4.69) is 49.4 Å². The van der Waals surface area contributed by atoms with Crippen molar-refractivity contribution in [1.82, 2.24) is 0 Å². The minimum absolute atomic E-state index is 1.29. The van der Waals surface area contributed by atoms with Gasteiger partial charge in [0, 0.05) is 0 Å². The van der Waals surface area contributed by atoms with E-state index in [1.165, 1.54) is 16.7 Å². The second-order valence-electron chi connectivity index (χ2n) is 3.18. The van der Waals surface area contributed by atoms with Gasteiger partial charge in [-0.1, -0.05) is 54.7 Å². The molecule has 0 bridgehead atoms. The molecule has 13 heavy (non-hydrogen) atoms. The monoisotopic (exact) mass is 168 g/mol. The molecule has 0 spiro atoms. The molecule has 1 aliphatic rings. The van der Waals surface area contributed by atoms with Crippen molar-refractivity contribution < 1.29 is 0 Å². The lowest BCUT2D eigenvalue weighted by Crippen LogP contribution is -1.85. The molecule has 1 aromatic carbocycles. The Hall–Kier alpha value is -1.56. The van der Waals surface area contributed by atoms with Crippen molar-refractivity contribution in [2.45, 2.75) is 6.92 Å². The van der Waals surface area contributed by atoms with Gasteiger partial charge in [0.2, 0.25) is 0 Å². The van der Waals surface area contributed by atoms with Crippen LogP contribution in [0.4, 0.5) is 0 Å². The second-order valence-corrected chi connectivity index (χ2v) is 3.18. The van der Waals surface area contributed by atoms with Crippen LogP contribution in [0.1, 0.15) is 16.7 Å². The number of hydrogen-bond acceptors (Lipinski definition) is 0. The van der Waals surface area contributed by atoms with Gasteiger partial charge < -0.3 is 0 Å². The van der Waals surface area contributed by atoms with Crippen molar-refractivity contribution in [3.8, 4) is 0 Å². The van der Waals surface area contributed by atoms with E-state index in [1.54, 1.807) is 0 Å². The highest BCUT2D eigenvalue weighted by atomic mass is 14.0. The van der Waals surface area contributed by atoms with E-state index in [0.29, 0.717) is 0 Å². The van der Waals surface area contributed by atoms with Crippen LogP contribution in [0, 0.1) is 6.92 Å². The first-order chi connectivity index (χ1) is 6.38. The van der Waals surface area contributed by atoms with Crippen LogP contribution in [0.15, 0.2) is 42.5 Å². The van der Waals surface area contributed by atoms with Crippen LogP contribution in [-0.4, -0.2) is 0 Å². The maximum atomic E-state index is 2.16. The fourth-order valence-corrected chi connectivity index (χ4v) is 1.52. The summed E-state index contributed by atoms with van der Waals surface area (Å²) in [4.78, 5) is 0. The van der Waals surface area contributed by atoms with Crippen molar-refractivity contribution in [1.29, 1.82) is 0 Å². The average molecular weight is 168 g/mol. The summed E-state index contributed by atoms with van der Waals surface area (Å²) in [7, 11) is 0. The molecule has 0 saturated carbocycles. The van der Waals surface area contributed by atoms with Gasteiger partial charge in [0.25, 0.3) is 0 Å². The Labute approximate surface area is 78.9 Å². The zero-order valence-corrected chi connectivity index (χ0v) is 7.70. The van der Waals surface area contributed by atoms with E-state index in [4.69, 9.17) is 0 Å². The second kappa shape index (κ2) is 3.44. The van der Waals surface area contributed by atoms with Crippen LogP contribution in [0.3, 0.4) is 0 Å². The number of hydrogen-bond donors (Lipinski definition) is 0. The van der Waals surface area contributed by atoms with E-state index in [1.807, 2.05) is 12.2 Å². The molecule has 2 rings (SSSR count). The summed E-state index contributed by atoms with van der Waals surface area (Å²) in [5, 5.41) is 0. The largest absolute Gasteiger partial charge is 0.0622 e. The Morgan fingerprint density at radius 2 is 1.62 bits per heavy atom. The Morgan fingerprint density at radius 3 is 2.46 bits per heavy atom. The molecule has 0 N–H and O–H groups in total. The van der Waals surface area contributed by atoms with Crippen molar-refractivity contribution in [3.63, 3.8) is 0 Å². The first-order valence-electron chi connectivity index (χ1n) is 4.49. The predicted molar refractivity (Wildman–Crippen MR) is 58.4 cm³/mol. The molecule has 1 aliphatic carbocycles. The van der Waals surface area contributed by atoms with Crippen LogP contribution >= 0.6 is 0 Å². The number of aryl methyl sites for hydroxylation is 1. The summed E-state index contributed by atoms with van der Waals surface area (Å²) in [5.41, 5.74) is 3.94. The zero-order valence-electron chi connectivity index (χ0n) is 7.70. The molecule has 0 aliphatic heterocycles. The first kappa shape index (κ1) is 8.06. The molecule has 0 saturated heterocycles. The van der Waals surface area contributed by atoms with Crippen molar-refractivity contribution >= 4 is 12.2 Å². The molecule has 0 unspecified atom stereocenters. The molecule has 0 radical (unpaired) electrons. The molecule has 0 aromatic heterocycles. The SMILES string of the molecule is Cc1cccc2c1\C=C/C=C\C=C/2. The smallest absolute Gasteiger partial charge is 0.0155 e. The molecule has 1 aromatic rings. The van der Waals surface area contributed by atoms with Gasteiger partial charge >= 0.3 is 0 Å². The van der Waals surface area contributed by atoms with E-state index >= 15 is 0 Å². The van der Waals surface area contributed by atoms with E-state index in [0.717, 1.165) is 0 Å². The van der Waals surface area contributed by atoms with Gasteiger partial charge in [0.05, 0.1) is 0 Å². The third-order valence-corrected chi connectivity index (χ3v) is 2.23. The average Bonchev–Trinajstić information content (AvgIpc) is 2.07. The third-order valence-electron chi connectivity index (χ3n) is 2.23. The molecule has 0 nitrogen and oxygen atoms in total. The van der Waals surface area contributed by atoms with Gasteiger partial charge in [0.15, 0.2) is 0 Å². The zero-order chi connectivity index (χ0) is 9.10. The molecular weight excluding hydrogens is 156 g/mol. The number of fused-ring (bicyclic) bond motifs is 1. The number of allylic oxidation sites excluding steroid dienone is 4. The summed E-state index contributed by atoms with van der Waals surface area (Å²) in [6.45, 7) is 2.14. The van der Waals surface area contributed by atoms with Gasteiger partial charge in [-0.25, -0.2) is 0 Å². The van der Waals surface area contributed by atoms with Crippen molar-refractivity contribution in [2.24, 2.45) is 0 Å². The standard InChI is InChI=1S/C13H12/c1-11-7-6-9-12-8-4-2-3-5-10-13(11)12/h2-10H,1H3/b3-2-,4-2?,5-3?,8-4-,10-5-,12-8?,13-10?. The molecular formula is C13H12. The van der Waals surface area contributed by atoms with Crippen LogP contribution in [0.2, 0.25) is 0 Å². The molecule has 64 valence electrons. The van der Waals surface area contributed by atoms with Crippen LogP contribution < -0.4 is 0 Å². The Balaban J connectivity index is 2.62. The molecule has 0 heteroatoms. The molecule has 0 fully saturated rings. The minimum Gasteiger partial charge on any atom is -0.0622 e. The molecule has 0 atom stereocenters. The van der Waals surface area contributed by atoms with Crippen LogP contribution in [-0.2, 0) is 0 Å².